The smallest absolute Gasteiger partial charge is 0.146 e. The Labute approximate surface area is 85.2 Å². The molecule has 0 radical (unpaired) electrons. The van der Waals surface area contributed by atoms with Gasteiger partial charge in [0.15, 0.2) is 0 Å². The van der Waals surface area contributed by atoms with Crippen LogP contribution in [0.2, 0.25) is 0 Å². The summed E-state index contributed by atoms with van der Waals surface area (Å²) in [6, 6.07) is 0. The molecule has 0 bridgehead atoms. The van der Waals surface area contributed by atoms with Crippen LogP contribution >= 0.6 is 0 Å². The lowest BCUT2D eigenvalue weighted by Gasteiger charge is -2.37. The first-order valence-electron chi connectivity index (χ1n) is 5.04. The van der Waals surface area contributed by atoms with E-state index in [0.717, 1.165) is 12.8 Å². The van der Waals surface area contributed by atoms with Crippen LogP contribution in [0.5, 0.6) is 0 Å². The van der Waals surface area contributed by atoms with Gasteiger partial charge in [0, 0.05) is 7.11 Å². The Bertz CT molecular complexity index is 152. The largest absolute Gasteiger partial charge is 0.393 e. The number of aliphatic hydroxyl groups is 1. The van der Waals surface area contributed by atoms with E-state index in [1.54, 1.807) is 7.11 Å². The minimum absolute atomic E-state index is 0.0173. The molecular weight excluding hydrogens is 184 g/mol. The van der Waals surface area contributed by atoms with Crippen molar-refractivity contribution in [1.82, 2.24) is 0 Å². The van der Waals surface area contributed by atoms with Crippen LogP contribution in [-0.2, 0) is 14.2 Å². The number of aliphatic hydroxyl groups excluding tert-OH is 1. The molecule has 0 aromatic heterocycles. The van der Waals surface area contributed by atoms with Crippen molar-refractivity contribution >= 4 is 0 Å². The first-order valence-corrected chi connectivity index (χ1v) is 5.04. The van der Waals surface area contributed by atoms with Crippen LogP contribution in [0.15, 0.2) is 0 Å². The summed E-state index contributed by atoms with van der Waals surface area (Å²) >= 11 is 0. The monoisotopic (exact) mass is 204 g/mol. The lowest BCUT2D eigenvalue weighted by molar-refractivity contribution is -0.174. The van der Waals surface area contributed by atoms with Crippen LogP contribution in [-0.4, -0.2) is 44.4 Å². The van der Waals surface area contributed by atoms with E-state index < -0.39 is 5.60 Å². The predicted octanol–water partition coefficient (Wildman–Crippen LogP) is 0.784. The van der Waals surface area contributed by atoms with Crippen LogP contribution in [0.4, 0.5) is 0 Å². The molecule has 14 heavy (non-hydrogen) atoms. The average Bonchev–Trinajstić information content (AvgIpc) is 2.22. The van der Waals surface area contributed by atoms with E-state index in [9.17, 15) is 5.11 Å². The molecule has 84 valence electrons. The molecule has 1 heterocycles. The molecule has 4 nitrogen and oxygen atoms in total. The lowest BCUT2D eigenvalue weighted by Crippen LogP contribution is -2.46. The standard InChI is InChI=1S/C10H20O4/c1-9-3-4-10(6-11,14-5-9)7-13-8-12-2/h9,11H,3-8H2,1-2H3/t9-,10-/m1/s1. The van der Waals surface area contributed by atoms with E-state index in [-0.39, 0.29) is 13.4 Å². The highest BCUT2D eigenvalue weighted by Crippen LogP contribution is 2.27. The van der Waals surface area contributed by atoms with Gasteiger partial charge in [-0.3, -0.25) is 0 Å². The van der Waals surface area contributed by atoms with Gasteiger partial charge in [0.05, 0.1) is 19.8 Å². The van der Waals surface area contributed by atoms with Crippen LogP contribution in [0.25, 0.3) is 0 Å². The van der Waals surface area contributed by atoms with Gasteiger partial charge in [-0.05, 0) is 18.8 Å². The number of hydrogen-bond acceptors (Lipinski definition) is 4. The third-order valence-corrected chi connectivity index (χ3v) is 2.62. The fourth-order valence-corrected chi connectivity index (χ4v) is 1.58. The molecule has 1 aliphatic heterocycles. The molecule has 2 atom stereocenters. The molecule has 0 aromatic rings. The lowest BCUT2D eigenvalue weighted by atomic mass is 9.91. The van der Waals surface area contributed by atoms with Crippen LogP contribution in [0.3, 0.4) is 0 Å². The molecule has 0 unspecified atom stereocenters. The van der Waals surface area contributed by atoms with Gasteiger partial charge in [0.2, 0.25) is 0 Å². The molecule has 1 saturated heterocycles. The summed E-state index contributed by atoms with van der Waals surface area (Å²) in [5, 5.41) is 9.28. The fraction of sp³-hybridized carbons (Fsp3) is 1.00. The number of ether oxygens (including phenoxy) is 3. The molecular formula is C10H20O4. The summed E-state index contributed by atoms with van der Waals surface area (Å²) in [5.74, 6) is 0.581. The second kappa shape index (κ2) is 5.66. The Morgan fingerprint density at radius 3 is 2.86 bits per heavy atom. The van der Waals surface area contributed by atoms with Crippen molar-refractivity contribution in [2.24, 2.45) is 5.92 Å². The summed E-state index contributed by atoms with van der Waals surface area (Å²) < 4.78 is 15.7. The Morgan fingerprint density at radius 2 is 2.36 bits per heavy atom. The topological polar surface area (TPSA) is 47.9 Å². The third-order valence-electron chi connectivity index (χ3n) is 2.62. The summed E-state index contributed by atoms with van der Waals surface area (Å²) in [6.45, 7) is 3.53. The quantitative estimate of drug-likeness (QED) is 0.531. The van der Waals surface area contributed by atoms with Crippen molar-refractivity contribution in [1.29, 1.82) is 0 Å². The molecule has 4 heteroatoms. The van der Waals surface area contributed by atoms with Gasteiger partial charge in [-0.2, -0.15) is 0 Å². The molecule has 1 aliphatic rings. The Morgan fingerprint density at radius 1 is 1.57 bits per heavy atom. The molecule has 1 N–H and O–H groups in total. The van der Waals surface area contributed by atoms with Crippen LogP contribution in [0, 0.1) is 5.92 Å². The number of hydrogen-bond donors (Lipinski definition) is 1. The Hall–Kier alpha value is -0.160. The van der Waals surface area contributed by atoms with Crippen molar-refractivity contribution in [3.8, 4) is 0 Å². The van der Waals surface area contributed by atoms with E-state index in [1.165, 1.54) is 0 Å². The molecule has 0 aliphatic carbocycles. The summed E-state index contributed by atoms with van der Waals surface area (Å²) in [6.07, 6.45) is 1.94. The fourth-order valence-electron chi connectivity index (χ4n) is 1.58. The van der Waals surface area contributed by atoms with Gasteiger partial charge < -0.3 is 19.3 Å². The maximum absolute atomic E-state index is 9.28. The number of rotatable bonds is 5. The van der Waals surface area contributed by atoms with Crippen LogP contribution in [0.1, 0.15) is 19.8 Å². The minimum atomic E-state index is -0.495. The van der Waals surface area contributed by atoms with E-state index in [2.05, 4.69) is 6.92 Å². The summed E-state index contributed by atoms with van der Waals surface area (Å²) in [7, 11) is 1.58. The van der Waals surface area contributed by atoms with Crippen molar-refractivity contribution < 1.29 is 19.3 Å². The molecule has 0 amide bonds. The van der Waals surface area contributed by atoms with Crippen molar-refractivity contribution in [3.05, 3.63) is 0 Å². The van der Waals surface area contributed by atoms with E-state index in [0.29, 0.717) is 19.1 Å². The number of methoxy groups -OCH3 is 1. The van der Waals surface area contributed by atoms with E-state index >= 15 is 0 Å². The van der Waals surface area contributed by atoms with Gasteiger partial charge in [-0.1, -0.05) is 6.92 Å². The minimum Gasteiger partial charge on any atom is -0.393 e. The Balaban J connectivity index is 2.34. The zero-order chi connectivity index (χ0) is 10.4. The maximum atomic E-state index is 9.28. The normalized spacial score (nSPS) is 33.2. The molecule has 1 rings (SSSR count). The SMILES string of the molecule is COCOC[C@]1(CO)CC[C@@H](C)CO1. The second-order valence-corrected chi connectivity index (χ2v) is 4.05. The first-order chi connectivity index (χ1) is 6.72. The zero-order valence-electron chi connectivity index (χ0n) is 8.99. The Kier molecular flexibility index (Phi) is 4.81. The second-order valence-electron chi connectivity index (χ2n) is 4.05. The van der Waals surface area contributed by atoms with Gasteiger partial charge in [0.1, 0.15) is 12.4 Å². The van der Waals surface area contributed by atoms with Gasteiger partial charge in [-0.25, -0.2) is 0 Å². The third kappa shape index (κ3) is 3.20. The van der Waals surface area contributed by atoms with Gasteiger partial charge in [0.25, 0.3) is 0 Å². The molecule has 0 spiro atoms. The maximum Gasteiger partial charge on any atom is 0.146 e. The molecule has 0 aromatic carbocycles. The molecule has 0 saturated carbocycles. The zero-order valence-corrected chi connectivity index (χ0v) is 8.99. The van der Waals surface area contributed by atoms with E-state index in [1.807, 2.05) is 0 Å². The summed E-state index contributed by atoms with van der Waals surface area (Å²) in [5.41, 5.74) is -0.495. The van der Waals surface area contributed by atoms with Gasteiger partial charge in [-0.15, -0.1) is 0 Å². The highest BCUT2D eigenvalue weighted by molar-refractivity contribution is 4.84. The highest BCUT2D eigenvalue weighted by atomic mass is 16.7. The van der Waals surface area contributed by atoms with Crippen molar-refractivity contribution in [2.75, 3.05) is 33.7 Å². The highest BCUT2D eigenvalue weighted by Gasteiger charge is 2.35. The summed E-state index contributed by atoms with van der Waals surface area (Å²) in [4.78, 5) is 0. The van der Waals surface area contributed by atoms with Gasteiger partial charge >= 0.3 is 0 Å². The van der Waals surface area contributed by atoms with Crippen molar-refractivity contribution in [3.63, 3.8) is 0 Å². The average molecular weight is 204 g/mol. The molecule has 1 fully saturated rings. The first kappa shape index (κ1) is 11.9. The van der Waals surface area contributed by atoms with E-state index in [4.69, 9.17) is 14.2 Å². The van der Waals surface area contributed by atoms with Crippen LogP contribution < -0.4 is 0 Å². The predicted molar refractivity (Wildman–Crippen MR) is 52.0 cm³/mol. The van der Waals surface area contributed by atoms with Crippen molar-refractivity contribution in [2.45, 2.75) is 25.4 Å².